The first-order chi connectivity index (χ1) is 11.9. The molecular formula is C19H32N2O3S. The van der Waals surface area contributed by atoms with Gasteiger partial charge in [-0.25, -0.2) is 4.79 Å². The van der Waals surface area contributed by atoms with E-state index in [2.05, 4.69) is 13.8 Å². The molecule has 6 heteroatoms. The van der Waals surface area contributed by atoms with Crippen LogP contribution in [-0.4, -0.2) is 21.7 Å². The summed E-state index contributed by atoms with van der Waals surface area (Å²) in [4.78, 5) is 24.0. The Labute approximate surface area is 156 Å². The van der Waals surface area contributed by atoms with Gasteiger partial charge < -0.3 is 9.30 Å². The molecule has 1 aromatic rings. The summed E-state index contributed by atoms with van der Waals surface area (Å²) in [6.07, 6.45) is 6.34. The minimum Gasteiger partial charge on any atom is -0.465 e. The Morgan fingerprint density at radius 2 is 1.88 bits per heavy atom. The van der Waals surface area contributed by atoms with Crippen LogP contribution in [0, 0.1) is 16.5 Å². The average Bonchev–Trinajstić information content (AvgIpc) is 2.55. The van der Waals surface area contributed by atoms with Gasteiger partial charge in [0.1, 0.15) is 4.64 Å². The van der Waals surface area contributed by atoms with Crippen molar-refractivity contribution in [2.45, 2.75) is 72.9 Å². The number of hydrogen-bond donors (Lipinski definition) is 0. The van der Waals surface area contributed by atoms with Gasteiger partial charge in [-0.2, -0.15) is 0 Å². The van der Waals surface area contributed by atoms with Gasteiger partial charge in [0.25, 0.3) is 0 Å². The second-order valence-electron chi connectivity index (χ2n) is 6.99. The zero-order valence-electron chi connectivity index (χ0n) is 16.0. The maximum absolute atomic E-state index is 12.2. The molecule has 0 bridgehead atoms. The standard InChI is InChI=1S/C19H32N2O3S/c1-5-20-12-10-17(25)21(19(20)23)11-8-6-7-9-13-24-18(22)16(4)14-15(2)3/h10,12,15-16H,5-9,11,13-14H2,1-4H3. The molecule has 25 heavy (non-hydrogen) atoms. The highest BCUT2D eigenvalue weighted by Crippen LogP contribution is 2.13. The number of rotatable bonds is 11. The maximum atomic E-state index is 12.2. The van der Waals surface area contributed by atoms with Gasteiger partial charge in [-0.15, -0.1) is 0 Å². The summed E-state index contributed by atoms with van der Waals surface area (Å²) >= 11 is 5.24. The molecule has 0 aliphatic heterocycles. The molecular weight excluding hydrogens is 336 g/mol. The largest absolute Gasteiger partial charge is 0.465 e. The zero-order valence-corrected chi connectivity index (χ0v) is 16.8. The zero-order chi connectivity index (χ0) is 18.8. The molecule has 1 unspecified atom stereocenters. The highest BCUT2D eigenvalue weighted by atomic mass is 32.1. The van der Waals surface area contributed by atoms with Crippen molar-refractivity contribution in [2.75, 3.05) is 6.61 Å². The Bertz CT molecular complexity index is 649. The first-order valence-corrected chi connectivity index (χ1v) is 9.74. The third-order valence-electron chi connectivity index (χ3n) is 4.23. The van der Waals surface area contributed by atoms with Crippen molar-refractivity contribution in [3.05, 3.63) is 27.4 Å². The Balaban J connectivity index is 2.24. The van der Waals surface area contributed by atoms with E-state index in [1.807, 2.05) is 13.8 Å². The summed E-state index contributed by atoms with van der Waals surface area (Å²) in [5, 5.41) is 0. The minimum atomic E-state index is -0.0931. The number of unbranched alkanes of at least 4 members (excludes halogenated alkanes) is 3. The van der Waals surface area contributed by atoms with Gasteiger partial charge in [0.15, 0.2) is 0 Å². The van der Waals surface area contributed by atoms with Crippen LogP contribution in [0.3, 0.4) is 0 Å². The van der Waals surface area contributed by atoms with Crippen LogP contribution < -0.4 is 5.69 Å². The fourth-order valence-electron chi connectivity index (χ4n) is 2.85. The molecule has 0 saturated heterocycles. The molecule has 0 radical (unpaired) electrons. The number of aryl methyl sites for hydroxylation is 1. The SMILES string of the molecule is CCn1ccc(=S)n(CCCCCCOC(=O)C(C)CC(C)C)c1=O. The lowest BCUT2D eigenvalue weighted by molar-refractivity contribution is -0.148. The van der Waals surface area contributed by atoms with Gasteiger partial charge in [0.2, 0.25) is 0 Å². The van der Waals surface area contributed by atoms with E-state index in [-0.39, 0.29) is 17.6 Å². The Hall–Kier alpha value is -1.43. The molecule has 0 fully saturated rings. The molecule has 0 aliphatic rings. The lowest BCUT2D eigenvalue weighted by Crippen LogP contribution is -2.30. The van der Waals surface area contributed by atoms with E-state index >= 15 is 0 Å². The lowest BCUT2D eigenvalue weighted by atomic mass is 9.99. The first kappa shape index (κ1) is 21.6. The summed E-state index contributed by atoms with van der Waals surface area (Å²) in [5.74, 6) is 0.384. The smallest absolute Gasteiger partial charge is 0.329 e. The number of ether oxygens (including phenoxy) is 1. The second-order valence-corrected chi connectivity index (χ2v) is 7.40. The van der Waals surface area contributed by atoms with Crippen LogP contribution in [0.15, 0.2) is 17.1 Å². The normalized spacial score (nSPS) is 12.4. The van der Waals surface area contributed by atoms with E-state index in [4.69, 9.17) is 17.0 Å². The fraction of sp³-hybridized carbons (Fsp3) is 0.737. The molecule has 0 amide bonds. The van der Waals surface area contributed by atoms with Gasteiger partial charge >= 0.3 is 11.7 Å². The summed E-state index contributed by atoms with van der Waals surface area (Å²) in [6.45, 7) is 9.86. The predicted molar refractivity (Wildman–Crippen MR) is 103 cm³/mol. The van der Waals surface area contributed by atoms with Crippen molar-refractivity contribution < 1.29 is 9.53 Å². The van der Waals surface area contributed by atoms with Crippen molar-refractivity contribution in [2.24, 2.45) is 11.8 Å². The summed E-state index contributed by atoms with van der Waals surface area (Å²) < 4.78 is 9.23. The van der Waals surface area contributed by atoms with Crippen LogP contribution in [0.4, 0.5) is 0 Å². The number of carbonyl (C=O) groups excluding carboxylic acids is 1. The van der Waals surface area contributed by atoms with Crippen LogP contribution in [0.25, 0.3) is 0 Å². The van der Waals surface area contributed by atoms with Crippen molar-refractivity contribution in [3.63, 3.8) is 0 Å². The monoisotopic (exact) mass is 368 g/mol. The number of aromatic nitrogens is 2. The van der Waals surface area contributed by atoms with Crippen LogP contribution in [0.5, 0.6) is 0 Å². The van der Waals surface area contributed by atoms with Crippen molar-refractivity contribution in [1.29, 1.82) is 0 Å². The molecule has 1 aromatic heterocycles. The van der Waals surface area contributed by atoms with E-state index in [9.17, 15) is 9.59 Å². The van der Waals surface area contributed by atoms with Gasteiger partial charge in [-0.3, -0.25) is 9.36 Å². The fourth-order valence-corrected chi connectivity index (χ4v) is 3.08. The van der Waals surface area contributed by atoms with Gasteiger partial charge in [0, 0.05) is 19.3 Å². The molecule has 1 atom stereocenters. The summed E-state index contributed by atoms with van der Waals surface area (Å²) in [7, 11) is 0. The van der Waals surface area contributed by atoms with E-state index in [1.54, 1.807) is 21.4 Å². The van der Waals surface area contributed by atoms with Crippen LogP contribution in [-0.2, 0) is 22.6 Å². The molecule has 0 aromatic carbocycles. The average molecular weight is 369 g/mol. The van der Waals surface area contributed by atoms with Crippen molar-refractivity contribution >= 4 is 18.2 Å². The lowest BCUT2D eigenvalue weighted by Gasteiger charge is -2.13. The maximum Gasteiger partial charge on any atom is 0.329 e. The molecule has 1 heterocycles. The number of nitrogens with zero attached hydrogens (tertiary/aromatic N) is 2. The van der Waals surface area contributed by atoms with Crippen LogP contribution in [0.2, 0.25) is 0 Å². The van der Waals surface area contributed by atoms with E-state index in [0.717, 1.165) is 32.1 Å². The Kier molecular flexibility index (Phi) is 9.71. The highest BCUT2D eigenvalue weighted by Gasteiger charge is 2.15. The Morgan fingerprint density at radius 1 is 1.20 bits per heavy atom. The summed E-state index contributed by atoms with van der Waals surface area (Å²) in [6, 6.07) is 1.80. The highest BCUT2D eigenvalue weighted by molar-refractivity contribution is 7.71. The number of esters is 1. The predicted octanol–water partition coefficient (Wildman–Crippen LogP) is 4.18. The van der Waals surface area contributed by atoms with Gasteiger partial charge in [0.05, 0.1) is 12.5 Å². The molecule has 142 valence electrons. The van der Waals surface area contributed by atoms with Gasteiger partial charge in [-0.05, 0) is 44.6 Å². The van der Waals surface area contributed by atoms with Crippen LogP contribution in [0.1, 0.15) is 59.8 Å². The minimum absolute atomic E-state index is 0.0271. The molecule has 0 spiro atoms. The van der Waals surface area contributed by atoms with Crippen molar-refractivity contribution in [1.82, 2.24) is 9.13 Å². The summed E-state index contributed by atoms with van der Waals surface area (Å²) in [5.41, 5.74) is -0.0388. The Morgan fingerprint density at radius 3 is 2.52 bits per heavy atom. The number of hydrogen-bond acceptors (Lipinski definition) is 4. The quantitative estimate of drug-likeness (QED) is 0.334. The molecule has 1 rings (SSSR count). The van der Waals surface area contributed by atoms with Crippen LogP contribution >= 0.6 is 12.2 Å². The van der Waals surface area contributed by atoms with Crippen molar-refractivity contribution in [3.8, 4) is 0 Å². The molecule has 5 nitrogen and oxygen atoms in total. The topological polar surface area (TPSA) is 53.2 Å². The van der Waals surface area contributed by atoms with E-state index in [0.29, 0.717) is 30.3 Å². The molecule has 0 N–H and O–H groups in total. The molecule has 0 aliphatic carbocycles. The van der Waals surface area contributed by atoms with Gasteiger partial charge in [-0.1, -0.05) is 39.4 Å². The second kappa shape index (κ2) is 11.2. The first-order valence-electron chi connectivity index (χ1n) is 9.33. The third-order valence-corrected chi connectivity index (χ3v) is 4.58. The number of carbonyl (C=O) groups is 1. The van der Waals surface area contributed by atoms with E-state index in [1.165, 1.54) is 0 Å². The molecule has 0 saturated carbocycles. The van der Waals surface area contributed by atoms with E-state index < -0.39 is 0 Å². The third kappa shape index (κ3) is 7.55.